The van der Waals surface area contributed by atoms with E-state index in [1.54, 1.807) is 18.4 Å². The number of aromatic nitrogens is 1. The summed E-state index contributed by atoms with van der Waals surface area (Å²) in [6, 6.07) is 5.83. The summed E-state index contributed by atoms with van der Waals surface area (Å²) in [5, 5.41) is 1.05. The average Bonchev–Trinajstić information content (AvgIpc) is 2.83. The molecule has 0 aliphatic carbocycles. The Morgan fingerprint density at radius 3 is 2.84 bits per heavy atom. The molecule has 0 saturated carbocycles. The number of ether oxygens (including phenoxy) is 2. The molecule has 2 rings (SSSR count). The molecule has 0 aliphatic rings. The van der Waals surface area contributed by atoms with Crippen LogP contribution in [0.25, 0.3) is 0 Å². The van der Waals surface area contributed by atoms with Crippen molar-refractivity contribution in [3.63, 3.8) is 0 Å². The molecule has 0 radical (unpaired) electrons. The van der Waals surface area contributed by atoms with Crippen molar-refractivity contribution in [3.8, 4) is 11.5 Å². The van der Waals surface area contributed by atoms with Crippen LogP contribution >= 0.6 is 11.3 Å². The van der Waals surface area contributed by atoms with Crippen molar-refractivity contribution >= 4 is 11.3 Å². The predicted octanol–water partition coefficient (Wildman–Crippen LogP) is 2.54. The molecule has 0 spiro atoms. The van der Waals surface area contributed by atoms with Crippen LogP contribution < -0.4 is 15.2 Å². The molecule has 5 heteroatoms. The van der Waals surface area contributed by atoms with E-state index < -0.39 is 0 Å². The molecule has 0 fully saturated rings. The first-order chi connectivity index (χ1) is 9.22. The van der Waals surface area contributed by atoms with Gasteiger partial charge < -0.3 is 15.2 Å². The first-order valence-corrected chi connectivity index (χ1v) is 6.95. The molecule has 0 aliphatic heterocycles. The highest BCUT2D eigenvalue weighted by Gasteiger charge is 2.07. The summed E-state index contributed by atoms with van der Waals surface area (Å²) in [7, 11) is 1.65. The lowest BCUT2D eigenvalue weighted by atomic mass is 10.1. The Balaban J connectivity index is 2.12. The van der Waals surface area contributed by atoms with Gasteiger partial charge in [0, 0.05) is 12.3 Å². The van der Waals surface area contributed by atoms with E-state index >= 15 is 0 Å². The number of hydrogen-bond donors (Lipinski definition) is 1. The van der Waals surface area contributed by atoms with E-state index in [1.807, 2.05) is 31.3 Å². The number of hydrogen-bond acceptors (Lipinski definition) is 5. The molecule has 0 unspecified atom stereocenters. The minimum Gasteiger partial charge on any atom is -0.497 e. The number of aryl methyl sites for hydroxylation is 1. The van der Waals surface area contributed by atoms with E-state index in [4.69, 9.17) is 15.2 Å². The second-order valence-corrected chi connectivity index (χ2v) is 5.47. The molecule has 4 nitrogen and oxygen atoms in total. The topological polar surface area (TPSA) is 57.4 Å². The van der Waals surface area contributed by atoms with Crippen LogP contribution in [0.1, 0.15) is 15.4 Å². The molecule has 19 heavy (non-hydrogen) atoms. The smallest absolute Gasteiger partial charge is 0.126 e. The molecular weight excluding hydrogens is 260 g/mol. The SMILES string of the molecule is COc1ccc(CCN)c(OCc2cnc(C)s2)c1. The van der Waals surface area contributed by atoms with Crippen LogP contribution in [-0.4, -0.2) is 18.6 Å². The van der Waals surface area contributed by atoms with Gasteiger partial charge in [0.25, 0.3) is 0 Å². The van der Waals surface area contributed by atoms with Crippen molar-refractivity contribution in [1.82, 2.24) is 4.98 Å². The fourth-order valence-corrected chi connectivity index (χ4v) is 2.49. The van der Waals surface area contributed by atoms with E-state index in [9.17, 15) is 0 Å². The first kappa shape index (κ1) is 13.8. The molecule has 1 aromatic carbocycles. The minimum absolute atomic E-state index is 0.524. The van der Waals surface area contributed by atoms with Crippen molar-refractivity contribution in [2.24, 2.45) is 5.73 Å². The molecule has 0 saturated heterocycles. The van der Waals surface area contributed by atoms with Crippen LogP contribution in [-0.2, 0) is 13.0 Å². The van der Waals surface area contributed by atoms with Gasteiger partial charge in [0.2, 0.25) is 0 Å². The van der Waals surface area contributed by atoms with Gasteiger partial charge in [0.15, 0.2) is 0 Å². The maximum atomic E-state index is 5.87. The second-order valence-electron chi connectivity index (χ2n) is 4.15. The summed E-state index contributed by atoms with van der Waals surface area (Å²) < 4.78 is 11.1. The van der Waals surface area contributed by atoms with Gasteiger partial charge in [-0.2, -0.15) is 0 Å². The van der Waals surface area contributed by atoms with Gasteiger partial charge in [0.05, 0.1) is 17.0 Å². The number of thiazole rings is 1. The van der Waals surface area contributed by atoms with Crippen molar-refractivity contribution in [3.05, 3.63) is 39.8 Å². The second kappa shape index (κ2) is 6.54. The zero-order valence-electron chi connectivity index (χ0n) is 11.2. The van der Waals surface area contributed by atoms with Crippen LogP contribution in [0.3, 0.4) is 0 Å². The average molecular weight is 278 g/mol. The quantitative estimate of drug-likeness (QED) is 0.882. The third kappa shape index (κ3) is 3.68. The van der Waals surface area contributed by atoms with E-state index in [0.29, 0.717) is 13.2 Å². The molecule has 0 amide bonds. The third-order valence-electron chi connectivity index (χ3n) is 2.73. The fraction of sp³-hybridized carbons (Fsp3) is 0.357. The Labute approximate surface area is 117 Å². The Bertz CT molecular complexity index is 540. The Kier molecular flexibility index (Phi) is 4.76. The zero-order valence-corrected chi connectivity index (χ0v) is 12.0. The van der Waals surface area contributed by atoms with E-state index in [-0.39, 0.29) is 0 Å². The van der Waals surface area contributed by atoms with E-state index in [2.05, 4.69) is 4.98 Å². The molecule has 0 bridgehead atoms. The van der Waals surface area contributed by atoms with E-state index in [0.717, 1.165) is 33.4 Å². The van der Waals surface area contributed by atoms with E-state index in [1.165, 1.54) is 0 Å². The summed E-state index contributed by atoms with van der Waals surface area (Å²) in [4.78, 5) is 5.33. The molecule has 0 atom stereocenters. The van der Waals surface area contributed by atoms with Crippen molar-refractivity contribution < 1.29 is 9.47 Å². The Hall–Kier alpha value is -1.59. The zero-order chi connectivity index (χ0) is 13.7. The van der Waals surface area contributed by atoms with Crippen LogP contribution in [0.5, 0.6) is 11.5 Å². The number of nitrogens with two attached hydrogens (primary N) is 1. The number of benzene rings is 1. The molecule has 2 aromatic rings. The predicted molar refractivity (Wildman–Crippen MR) is 76.9 cm³/mol. The van der Waals surface area contributed by atoms with Crippen molar-refractivity contribution in [1.29, 1.82) is 0 Å². The maximum absolute atomic E-state index is 5.87. The highest BCUT2D eigenvalue weighted by molar-refractivity contribution is 7.11. The highest BCUT2D eigenvalue weighted by Crippen LogP contribution is 2.26. The minimum atomic E-state index is 0.524. The maximum Gasteiger partial charge on any atom is 0.126 e. The molecule has 1 heterocycles. The van der Waals surface area contributed by atoms with Gasteiger partial charge in [-0.05, 0) is 31.5 Å². The van der Waals surface area contributed by atoms with Gasteiger partial charge >= 0.3 is 0 Å². The van der Waals surface area contributed by atoms with Gasteiger partial charge in [-0.25, -0.2) is 4.98 Å². The van der Waals surface area contributed by atoms with Crippen molar-refractivity contribution in [2.45, 2.75) is 20.0 Å². The van der Waals surface area contributed by atoms with Crippen LogP contribution in [0.15, 0.2) is 24.4 Å². The summed E-state index contributed by atoms with van der Waals surface area (Å²) in [5.41, 5.74) is 6.72. The van der Waals surface area contributed by atoms with Crippen LogP contribution in [0.4, 0.5) is 0 Å². The molecule has 1 aromatic heterocycles. The summed E-state index contributed by atoms with van der Waals surface area (Å²) in [5.74, 6) is 1.62. The fourth-order valence-electron chi connectivity index (χ4n) is 1.78. The number of rotatable bonds is 6. The molecular formula is C14H18N2O2S. The van der Waals surface area contributed by atoms with Crippen molar-refractivity contribution in [2.75, 3.05) is 13.7 Å². The van der Waals surface area contributed by atoms with Gasteiger partial charge in [-0.3, -0.25) is 0 Å². The third-order valence-corrected chi connectivity index (χ3v) is 3.61. The largest absolute Gasteiger partial charge is 0.497 e. The summed E-state index contributed by atoms with van der Waals surface area (Å²) >= 11 is 1.64. The van der Waals surface area contributed by atoms with Gasteiger partial charge in [-0.1, -0.05) is 6.07 Å². The van der Waals surface area contributed by atoms with Gasteiger partial charge in [0.1, 0.15) is 18.1 Å². The first-order valence-electron chi connectivity index (χ1n) is 6.14. The highest BCUT2D eigenvalue weighted by atomic mass is 32.1. The monoisotopic (exact) mass is 278 g/mol. The standard InChI is InChI=1S/C14H18N2O2S/c1-10-16-8-13(19-10)9-18-14-7-12(17-2)4-3-11(14)5-6-15/h3-4,7-8H,5-6,9,15H2,1-2H3. The molecule has 102 valence electrons. The van der Waals surface area contributed by atoms with Crippen LogP contribution in [0, 0.1) is 6.92 Å². The van der Waals surface area contributed by atoms with Gasteiger partial charge in [-0.15, -0.1) is 11.3 Å². The lowest BCUT2D eigenvalue weighted by Gasteiger charge is -2.11. The normalized spacial score (nSPS) is 10.5. The number of nitrogens with zero attached hydrogens (tertiary/aromatic N) is 1. The lowest BCUT2D eigenvalue weighted by molar-refractivity contribution is 0.303. The Morgan fingerprint density at radius 1 is 1.37 bits per heavy atom. The summed E-state index contributed by atoms with van der Waals surface area (Å²) in [6.07, 6.45) is 2.64. The molecule has 2 N–H and O–H groups in total. The number of methoxy groups -OCH3 is 1. The Morgan fingerprint density at radius 2 is 2.21 bits per heavy atom. The summed E-state index contributed by atoms with van der Waals surface area (Å²) in [6.45, 7) is 3.11. The van der Waals surface area contributed by atoms with Crippen LogP contribution in [0.2, 0.25) is 0 Å². The lowest BCUT2D eigenvalue weighted by Crippen LogP contribution is -2.05.